The second kappa shape index (κ2) is 5.97. The molecule has 1 atom stereocenters. The summed E-state index contributed by atoms with van der Waals surface area (Å²) < 4.78 is 5.89. The summed E-state index contributed by atoms with van der Waals surface area (Å²) in [5.74, 6) is 1.59. The van der Waals surface area contributed by atoms with Gasteiger partial charge in [-0.25, -0.2) is 0 Å². The summed E-state index contributed by atoms with van der Waals surface area (Å²) in [4.78, 5) is 0. The van der Waals surface area contributed by atoms with Gasteiger partial charge in [-0.15, -0.1) is 0 Å². The maximum Gasteiger partial charge on any atom is 0.148 e. The SMILES string of the molecule is c1ccc2c(OCCC3CCCNC3)cnnc2c1. The minimum absolute atomic E-state index is 0.745. The van der Waals surface area contributed by atoms with Gasteiger partial charge >= 0.3 is 0 Å². The van der Waals surface area contributed by atoms with Crippen LogP contribution in [0.15, 0.2) is 30.5 Å². The van der Waals surface area contributed by atoms with Crippen molar-refractivity contribution < 1.29 is 4.74 Å². The van der Waals surface area contributed by atoms with Crippen LogP contribution in [-0.4, -0.2) is 29.9 Å². The van der Waals surface area contributed by atoms with Crippen molar-refractivity contribution in [3.05, 3.63) is 30.5 Å². The van der Waals surface area contributed by atoms with Crippen LogP contribution in [0.5, 0.6) is 5.75 Å². The molecule has 2 aromatic rings. The third-order valence-electron chi connectivity index (χ3n) is 3.69. The predicted octanol–water partition coefficient (Wildman–Crippen LogP) is 2.40. The largest absolute Gasteiger partial charge is 0.491 e. The molecule has 100 valence electrons. The van der Waals surface area contributed by atoms with E-state index in [1.54, 1.807) is 6.20 Å². The van der Waals surface area contributed by atoms with E-state index < -0.39 is 0 Å². The Morgan fingerprint density at radius 3 is 3.16 bits per heavy atom. The fraction of sp³-hybridized carbons (Fsp3) is 0.467. The molecule has 1 aliphatic rings. The lowest BCUT2D eigenvalue weighted by Gasteiger charge is -2.22. The van der Waals surface area contributed by atoms with Crippen LogP contribution in [0.1, 0.15) is 19.3 Å². The lowest BCUT2D eigenvalue weighted by molar-refractivity contribution is 0.255. The average Bonchev–Trinajstić information content (AvgIpc) is 2.49. The smallest absolute Gasteiger partial charge is 0.148 e. The van der Waals surface area contributed by atoms with Crippen molar-refractivity contribution in [2.75, 3.05) is 19.7 Å². The molecule has 0 spiro atoms. The molecule has 3 rings (SSSR count). The number of fused-ring (bicyclic) bond motifs is 1. The average molecular weight is 257 g/mol. The van der Waals surface area contributed by atoms with Crippen molar-refractivity contribution in [2.24, 2.45) is 5.92 Å². The van der Waals surface area contributed by atoms with Crippen LogP contribution < -0.4 is 10.1 Å². The van der Waals surface area contributed by atoms with Crippen LogP contribution in [0.3, 0.4) is 0 Å². The van der Waals surface area contributed by atoms with Gasteiger partial charge in [-0.05, 0) is 50.4 Å². The first-order valence-electron chi connectivity index (χ1n) is 6.97. The van der Waals surface area contributed by atoms with Crippen LogP contribution in [0.25, 0.3) is 10.9 Å². The zero-order chi connectivity index (χ0) is 12.9. The van der Waals surface area contributed by atoms with E-state index in [0.717, 1.165) is 48.7 Å². The Bertz CT molecular complexity index is 532. The highest BCUT2D eigenvalue weighted by Crippen LogP contribution is 2.23. The van der Waals surface area contributed by atoms with Crippen LogP contribution in [0.2, 0.25) is 0 Å². The highest BCUT2D eigenvalue weighted by Gasteiger charge is 2.13. The molecule has 1 unspecified atom stereocenters. The van der Waals surface area contributed by atoms with Gasteiger partial charge in [0.15, 0.2) is 0 Å². The summed E-state index contributed by atoms with van der Waals surface area (Å²) >= 11 is 0. The molecular formula is C15H19N3O. The van der Waals surface area contributed by atoms with Gasteiger partial charge in [-0.2, -0.15) is 10.2 Å². The highest BCUT2D eigenvalue weighted by atomic mass is 16.5. The summed E-state index contributed by atoms with van der Waals surface area (Å²) in [6, 6.07) is 7.96. The number of aromatic nitrogens is 2. The minimum atomic E-state index is 0.745. The lowest BCUT2D eigenvalue weighted by atomic mass is 9.97. The molecule has 0 bridgehead atoms. The number of hydrogen-bond acceptors (Lipinski definition) is 4. The molecule has 1 N–H and O–H groups in total. The molecule has 1 saturated heterocycles. The summed E-state index contributed by atoms with van der Waals surface area (Å²) in [6.07, 6.45) is 5.40. The Labute approximate surface area is 113 Å². The Hall–Kier alpha value is -1.68. The number of nitrogens with one attached hydrogen (secondary N) is 1. The molecule has 0 radical (unpaired) electrons. The van der Waals surface area contributed by atoms with Gasteiger partial charge in [0, 0.05) is 5.39 Å². The Morgan fingerprint density at radius 2 is 2.26 bits per heavy atom. The van der Waals surface area contributed by atoms with Gasteiger partial charge in [-0.3, -0.25) is 0 Å². The Morgan fingerprint density at radius 1 is 1.32 bits per heavy atom. The first-order chi connectivity index (χ1) is 9.43. The monoisotopic (exact) mass is 257 g/mol. The van der Waals surface area contributed by atoms with Gasteiger partial charge in [0.05, 0.1) is 18.3 Å². The fourth-order valence-electron chi connectivity index (χ4n) is 2.60. The number of nitrogens with zero attached hydrogens (tertiary/aromatic N) is 2. The van der Waals surface area contributed by atoms with E-state index in [1.165, 1.54) is 12.8 Å². The topological polar surface area (TPSA) is 47.0 Å². The van der Waals surface area contributed by atoms with Gasteiger partial charge in [0.1, 0.15) is 5.75 Å². The maximum atomic E-state index is 5.89. The first-order valence-corrected chi connectivity index (χ1v) is 6.97. The third-order valence-corrected chi connectivity index (χ3v) is 3.69. The number of rotatable bonds is 4. The van der Waals surface area contributed by atoms with Crippen molar-refractivity contribution in [1.82, 2.24) is 15.5 Å². The molecule has 19 heavy (non-hydrogen) atoms. The number of ether oxygens (including phenoxy) is 1. The minimum Gasteiger partial charge on any atom is -0.491 e. The molecule has 0 aliphatic carbocycles. The molecule has 4 nitrogen and oxygen atoms in total. The van der Waals surface area contributed by atoms with E-state index >= 15 is 0 Å². The second-order valence-electron chi connectivity index (χ2n) is 5.08. The lowest BCUT2D eigenvalue weighted by Crippen LogP contribution is -2.30. The number of benzene rings is 1. The van der Waals surface area contributed by atoms with E-state index in [0.29, 0.717) is 0 Å². The zero-order valence-electron chi connectivity index (χ0n) is 11.0. The van der Waals surface area contributed by atoms with Gasteiger partial charge < -0.3 is 10.1 Å². The van der Waals surface area contributed by atoms with Gasteiger partial charge in [0.2, 0.25) is 0 Å². The summed E-state index contributed by atoms with van der Waals surface area (Å²) in [5.41, 5.74) is 0.888. The van der Waals surface area contributed by atoms with E-state index in [9.17, 15) is 0 Å². The molecule has 0 saturated carbocycles. The number of piperidine rings is 1. The van der Waals surface area contributed by atoms with Crippen molar-refractivity contribution >= 4 is 10.9 Å². The molecule has 2 heterocycles. The van der Waals surface area contributed by atoms with Crippen molar-refractivity contribution in [1.29, 1.82) is 0 Å². The van der Waals surface area contributed by atoms with E-state index in [1.807, 2.05) is 24.3 Å². The molecule has 1 fully saturated rings. The standard InChI is InChI=1S/C15H19N3O/c1-2-6-14-13(5-1)15(11-17-18-14)19-9-7-12-4-3-8-16-10-12/h1-2,5-6,11-12,16H,3-4,7-10H2. The van der Waals surface area contributed by atoms with Crippen LogP contribution in [-0.2, 0) is 0 Å². The highest BCUT2D eigenvalue weighted by molar-refractivity contribution is 5.83. The Balaban J connectivity index is 1.62. The van der Waals surface area contributed by atoms with Crippen molar-refractivity contribution in [3.8, 4) is 5.75 Å². The quantitative estimate of drug-likeness (QED) is 0.913. The van der Waals surface area contributed by atoms with E-state index in [2.05, 4.69) is 15.5 Å². The van der Waals surface area contributed by atoms with Crippen LogP contribution in [0.4, 0.5) is 0 Å². The molecule has 0 amide bonds. The molecular weight excluding hydrogens is 238 g/mol. The van der Waals surface area contributed by atoms with E-state index in [-0.39, 0.29) is 0 Å². The molecule has 1 aliphatic heterocycles. The van der Waals surface area contributed by atoms with Gasteiger partial charge in [-0.1, -0.05) is 12.1 Å². The van der Waals surface area contributed by atoms with Crippen molar-refractivity contribution in [2.45, 2.75) is 19.3 Å². The molecule has 1 aromatic carbocycles. The summed E-state index contributed by atoms with van der Waals surface area (Å²) in [6.45, 7) is 3.04. The molecule has 1 aromatic heterocycles. The predicted molar refractivity (Wildman–Crippen MR) is 75.2 cm³/mol. The second-order valence-corrected chi connectivity index (χ2v) is 5.08. The van der Waals surface area contributed by atoms with Gasteiger partial charge in [0.25, 0.3) is 0 Å². The summed E-state index contributed by atoms with van der Waals surface area (Å²) in [5, 5.41) is 12.6. The third kappa shape index (κ3) is 3.01. The molecule has 4 heteroatoms. The van der Waals surface area contributed by atoms with Crippen LogP contribution >= 0.6 is 0 Å². The maximum absolute atomic E-state index is 5.89. The Kier molecular flexibility index (Phi) is 3.89. The van der Waals surface area contributed by atoms with E-state index in [4.69, 9.17) is 4.74 Å². The zero-order valence-corrected chi connectivity index (χ0v) is 11.0. The van der Waals surface area contributed by atoms with Crippen LogP contribution in [0, 0.1) is 5.92 Å². The van der Waals surface area contributed by atoms with Crippen molar-refractivity contribution in [3.63, 3.8) is 0 Å². The fourth-order valence-corrected chi connectivity index (χ4v) is 2.60. The number of hydrogen-bond donors (Lipinski definition) is 1. The summed E-state index contributed by atoms with van der Waals surface area (Å²) in [7, 11) is 0. The normalized spacial score (nSPS) is 19.5. The first kappa shape index (κ1) is 12.4.